The van der Waals surface area contributed by atoms with E-state index in [0.717, 1.165) is 18.5 Å². The normalized spacial score (nSPS) is 12.2. The molecule has 0 aromatic carbocycles. The molecule has 0 bridgehead atoms. The van der Waals surface area contributed by atoms with E-state index in [4.69, 9.17) is 22.7 Å². The van der Waals surface area contributed by atoms with Crippen LogP contribution in [-0.2, 0) is 4.74 Å². The molecule has 0 radical (unpaired) electrons. The highest BCUT2D eigenvalue weighted by atomic mass is 32.1. The minimum atomic E-state index is 0.195. The van der Waals surface area contributed by atoms with Crippen LogP contribution in [0.15, 0.2) is 6.07 Å². The Morgan fingerprint density at radius 2 is 2.28 bits per heavy atom. The summed E-state index contributed by atoms with van der Waals surface area (Å²) in [7, 11) is 1.68. The van der Waals surface area contributed by atoms with Crippen molar-refractivity contribution in [2.24, 2.45) is 5.73 Å². The number of hydrogen-bond donors (Lipinski definition) is 2. The predicted octanol–water partition coefficient (Wildman–Crippen LogP) is 1.65. The summed E-state index contributed by atoms with van der Waals surface area (Å²) < 4.78 is 5.17. The number of methoxy groups -OCH3 is 1. The first kappa shape index (κ1) is 14.8. The maximum Gasteiger partial charge on any atom is 0.223 e. The summed E-state index contributed by atoms with van der Waals surface area (Å²) in [5, 5.41) is 3.25. The molecule has 0 fully saturated rings. The number of nitrogens with two attached hydrogens (primary N) is 1. The fourth-order valence-corrected chi connectivity index (χ4v) is 1.79. The zero-order valence-corrected chi connectivity index (χ0v) is 11.9. The van der Waals surface area contributed by atoms with Gasteiger partial charge >= 0.3 is 0 Å². The van der Waals surface area contributed by atoms with Crippen LogP contribution < -0.4 is 11.1 Å². The van der Waals surface area contributed by atoms with E-state index in [1.807, 2.05) is 6.92 Å². The molecule has 100 valence electrons. The Morgan fingerprint density at radius 1 is 1.56 bits per heavy atom. The average molecular weight is 268 g/mol. The molecule has 1 aromatic heterocycles. The number of nitrogens with one attached hydrogen (secondary N) is 1. The Balaban J connectivity index is 2.84. The molecule has 0 amide bonds. The second-order valence-corrected chi connectivity index (χ2v) is 4.61. The molecule has 1 aromatic rings. The smallest absolute Gasteiger partial charge is 0.223 e. The quantitative estimate of drug-likeness (QED) is 0.733. The van der Waals surface area contributed by atoms with E-state index in [9.17, 15) is 0 Å². The molecule has 0 spiro atoms. The molecule has 1 atom stereocenters. The predicted molar refractivity (Wildman–Crippen MR) is 76.9 cm³/mol. The van der Waals surface area contributed by atoms with E-state index in [2.05, 4.69) is 22.2 Å². The second kappa shape index (κ2) is 7.23. The van der Waals surface area contributed by atoms with Crippen molar-refractivity contribution in [2.75, 3.05) is 19.0 Å². The highest BCUT2D eigenvalue weighted by Gasteiger charge is 2.10. The highest BCUT2D eigenvalue weighted by molar-refractivity contribution is 7.80. The summed E-state index contributed by atoms with van der Waals surface area (Å²) >= 11 is 4.93. The fraction of sp³-hybridized carbons (Fsp3) is 0.583. The maximum atomic E-state index is 5.59. The van der Waals surface area contributed by atoms with Gasteiger partial charge in [0.05, 0.1) is 12.6 Å². The first-order chi connectivity index (χ1) is 8.56. The van der Waals surface area contributed by atoms with Crippen LogP contribution in [0.1, 0.15) is 31.2 Å². The van der Waals surface area contributed by atoms with Gasteiger partial charge in [-0.15, -0.1) is 0 Å². The first-order valence-electron chi connectivity index (χ1n) is 5.97. The van der Waals surface area contributed by atoms with Crippen molar-refractivity contribution in [3.63, 3.8) is 0 Å². The van der Waals surface area contributed by atoms with Gasteiger partial charge in [-0.2, -0.15) is 0 Å². The van der Waals surface area contributed by atoms with E-state index < -0.39 is 0 Å². The van der Waals surface area contributed by atoms with Crippen LogP contribution in [0.4, 0.5) is 5.95 Å². The van der Waals surface area contributed by atoms with Crippen LogP contribution in [0.5, 0.6) is 0 Å². The summed E-state index contributed by atoms with van der Waals surface area (Å²) in [6, 6.07) is 1.97. The number of ether oxygens (including phenoxy) is 1. The zero-order chi connectivity index (χ0) is 13.5. The molecule has 0 aliphatic rings. The number of nitrogens with zero attached hydrogens (tertiary/aromatic N) is 2. The van der Waals surface area contributed by atoms with Gasteiger partial charge < -0.3 is 15.8 Å². The van der Waals surface area contributed by atoms with Gasteiger partial charge in [0.25, 0.3) is 0 Å². The van der Waals surface area contributed by atoms with Gasteiger partial charge in [0, 0.05) is 12.8 Å². The first-order valence-corrected chi connectivity index (χ1v) is 6.38. The Morgan fingerprint density at radius 3 is 2.83 bits per heavy atom. The van der Waals surface area contributed by atoms with Gasteiger partial charge in [0.15, 0.2) is 0 Å². The fourth-order valence-electron chi connectivity index (χ4n) is 1.69. The van der Waals surface area contributed by atoms with Crippen molar-refractivity contribution in [1.82, 2.24) is 9.97 Å². The molecule has 0 saturated carbocycles. The van der Waals surface area contributed by atoms with Gasteiger partial charge in [0.1, 0.15) is 10.7 Å². The van der Waals surface area contributed by atoms with Crippen molar-refractivity contribution in [1.29, 1.82) is 0 Å². The number of aromatic nitrogens is 2. The van der Waals surface area contributed by atoms with Crippen molar-refractivity contribution in [3.8, 4) is 0 Å². The molecule has 5 nitrogen and oxygen atoms in total. The standard InChI is InChI=1S/C12H20N4OS/c1-4-5-9(7-17-3)15-12-14-8(2)6-10(16-12)11(13)18/h6,9H,4-5,7H2,1-3H3,(H2,13,18)(H,14,15,16). The lowest BCUT2D eigenvalue weighted by Gasteiger charge is -2.17. The number of thiocarbonyl (C=S) groups is 1. The lowest BCUT2D eigenvalue weighted by molar-refractivity contribution is 0.182. The maximum absolute atomic E-state index is 5.59. The Labute approximate surface area is 113 Å². The van der Waals surface area contributed by atoms with Crippen LogP contribution in [0.3, 0.4) is 0 Å². The minimum absolute atomic E-state index is 0.195. The molecule has 1 unspecified atom stereocenters. The molecule has 1 heterocycles. The van der Waals surface area contributed by atoms with Crippen molar-refractivity contribution in [2.45, 2.75) is 32.7 Å². The minimum Gasteiger partial charge on any atom is -0.388 e. The molecule has 0 aliphatic heterocycles. The van der Waals surface area contributed by atoms with Crippen LogP contribution in [0.25, 0.3) is 0 Å². The number of rotatable bonds is 7. The summed E-state index contributed by atoms with van der Waals surface area (Å²) in [5.41, 5.74) is 7.01. The summed E-state index contributed by atoms with van der Waals surface area (Å²) in [6.07, 6.45) is 2.06. The van der Waals surface area contributed by atoms with Gasteiger partial charge in [-0.05, 0) is 19.4 Å². The molecular formula is C12H20N4OS. The van der Waals surface area contributed by atoms with Crippen molar-refractivity contribution >= 4 is 23.2 Å². The number of hydrogen-bond acceptors (Lipinski definition) is 5. The van der Waals surface area contributed by atoms with Crippen molar-refractivity contribution < 1.29 is 4.74 Å². The third-order valence-corrected chi connectivity index (χ3v) is 2.65. The van der Waals surface area contributed by atoms with E-state index >= 15 is 0 Å². The molecular weight excluding hydrogens is 248 g/mol. The topological polar surface area (TPSA) is 73.1 Å². The molecule has 0 aliphatic carbocycles. The lowest BCUT2D eigenvalue weighted by Crippen LogP contribution is -2.26. The third-order valence-electron chi connectivity index (χ3n) is 2.44. The van der Waals surface area contributed by atoms with E-state index in [0.29, 0.717) is 18.2 Å². The van der Waals surface area contributed by atoms with Gasteiger partial charge in [-0.3, -0.25) is 0 Å². The van der Waals surface area contributed by atoms with Gasteiger partial charge in [-0.1, -0.05) is 25.6 Å². The molecule has 6 heteroatoms. The molecule has 1 rings (SSSR count). The molecule has 18 heavy (non-hydrogen) atoms. The number of anilines is 1. The lowest BCUT2D eigenvalue weighted by atomic mass is 10.2. The summed E-state index contributed by atoms with van der Waals surface area (Å²) in [5.74, 6) is 0.549. The van der Waals surface area contributed by atoms with Crippen LogP contribution in [-0.4, -0.2) is 34.7 Å². The molecule has 3 N–H and O–H groups in total. The SMILES string of the molecule is CCCC(COC)Nc1nc(C)cc(C(N)=S)n1. The van der Waals surface area contributed by atoms with E-state index in [-0.39, 0.29) is 11.0 Å². The number of aryl methyl sites for hydroxylation is 1. The van der Waals surface area contributed by atoms with Crippen LogP contribution in [0, 0.1) is 6.92 Å². The largest absolute Gasteiger partial charge is 0.388 e. The van der Waals surface area contributed by atoms with Crippen molar-refractivity contribution in [3.05, 3.63) is 17.5 Å². The second-order valence-electron chi connectivity index (χ2n) is 4.17. The Hall–Kier alpha value is -1.27. The van der Waals surface area contributed by atoms with Gasteiger partial charge in [0.2, 0.25) is 5.95 Å². The Bertz CT molecular complexity index is 405. The highest BCUT2D eigenvalue weighted by Crippen LogP contribution is 2.09. The Kier molecular flexibility index (Phi) is 5.94. The summed E-state index contributed by atoms with van der Waals surface area (Å²) in [6.45, 7) is 4.63. The monoisotopic (exact) mass is 268 g/mol. The zero-order valence-electron chi connectivity index (χ0n) is 11.1. The summed E-state index contributed by atoms with van der Waals surface area (Å²) in [4.78, 5) is 8.90. The molecule has 0 saturated heterocycles. The van der Waals surface area contributed by atoms with E-state index in [1.54, 1.807) is 13.2 Å². The average Bonchev–Trinajstić information content (AvgIpc) is 2.28. The third kappa shape index (κ3) is 4.54. The van der Waals surface area contributed by atoms with E-state index in [1.165, 1.54) is 0 Å². The van der Waals surface area contributed by atoms with Gasteiger partial charge in [-0.25, -0.2) is 9.97 Å². The van der Waals surface area contributed by atoms with Crippen LogP contribution in [0.2, 0.25) is 0 Å². The van der Waals surface area contributed by atoms with Crippen LogP contribution >= 0.6 is 12.2 Å².